The van der Waals surface area contributed by atoms with Crippen LogP contribution < -0.4 is 9.47 Å². The number of aliphatic carboxylic acids is 1. The maximum Gasteiger partial charge on any atom is 0.416 e. The van der Waals surface area contributed by atoms with E-state index >= 15 is 0 Å². The van der Waals surface area contributed by atoms with Crippen LogP contribution in [0.5, 0.6) is 11.5 Å². The van der Waals surface area contributed by atoms with Crippen molar-refractivity contribution < 1.29 is 32.5 Å². The van der Waals surface area contributed by atoms with Gasteiger partial charge in [0.25, 0.3) is 0 Å². The number of halogens is 3. The van der Waals surface area contributed by atoms with Crippen LogP contribution in [0.25, 0.3) is 0 Å². The molecule has 182 valence electrons. The Balaban J connectivity index is 1.39. The molecule has 1 unspecified atom stereocenters. The number of hydrogen-bond acceptors (Lipinski definition) is 4. The standard InChI is InChI=1S/C26H28F3NO4/c27-26(28,29)22-8-6-20-19(21(22)14-30-10-2-1-3-11-30)7-9-23(20)34-17-4-5-18-16(12-25(31)32)15-33-24(18)13-17/h4-6,8,13,16,23H,1-3,7,9-12,14-15H2,(H,31,32)/t16?,23-/m1/s1. The number of nitrogens with zero attached hydrogens (tertiary/aromatic N) is 1. The number of benzene rings is 2. The Morgan fingerprint density at radius 1 is 1.12 bits per heavy atom. The SMILES string of the molecule is O=C(O)CC1COc2cc(O[C@@H]3CCc4c3ccc(C(F)(F)F)c4CN3CCCCC3)ccc21. The van der Waals surface area contributed by atoms with Crippen molar-refractivity contribution in [1.29, 1.82) is 0 Å². The van der Waals surface area contributed by atoms with Crippen molar-refractivity contribution in [3.63, 3.8) is 0 Å². The lowest BCUT2D eigenvalue weighted by Gasteiger charge is -2.29. The fraction of sp³-hybridized carbons (Fsp3) is 0.500. The summed E-state index contributed by atoms with van der Waals surface area (Å²) in [6.07, 6.45) is -0.364. The number of rotatable bonds is 6. The maximum atomic E-state index is 13.9. The highest BCUT2D eigenvalue weighted by Crippen LogP contribution is 2.44. The quantitative estimate of drug-likeness (QED) is 0.580. The van der Waals surface area contributed by atoms with Crippen LogP contribution in [0.3, 0.4) is 0 Å². The third kappa shape index (κ3) is 4.60. The molecule has 2 aromatic rings. The van der Waals surface area contributed by atoms with Crippen molar-refractivity contribution in [1.82, 2.24) is 4.90 Å². The van der Waals surface area contributed by atoms with Crippen LogP contribution in [-0.2, 0) is 23.9 Å². The van der Waals surface area contributed by atoms with Gasteiger partial charge in [-0.3, -0.25) is 9.69 Å². The molecule has 5 rings (SSSR count). The first-order chi connectivity index (χ1) is 16.3. The summed E-state index contributed by atoms with van der Waals surface area (Å²) in [5, 5.41) is 9.08. The number of piperidine rings is 1. The summed E-state index contributed by atoms with van der Waals surface area (Å²) >= 11 is 0. The topological polar surface area (TPSA) is 59.0 Å². The predicted molar refractivity (Wildman–Crippen MR) is 119 cm³/mol. The molecule has 1 fully saturated rings. The summed E-state index contributed by atoms with van der Waals surface area (Å²) in [6.45, 7) is 2.30. The zero-order chi connectivity index (χ0) is 23.9. The number of fused-ring (bicyclic) bond motifs is 2. The van der Waals surface area contributed by atoms with E-state index in [1.165, 1.54) is 6.07 Å². The Kier molecular flexibility index (Phi) is 6.18. The third-order valence-electron chi connectivity index (χ3n) is 7.17. The first-order valence-electron chi connectivity index (χ1n) is 11.9. The molecule has 0 radical (unpaired) electrons. The van der Waals surface area contributed by atoms with Crippen LogP contribution in [0.2, 0.25) is 0 Å². The van der Waals surface area contributed by atoms with Crippen LogP contribution in [0, 0.1) is 0 Å². The third-order valence-corrected chi connectivity index (χ3v) is 7.17. The van der Waals surface area contributed by atoms with Gasteiger partial charge in [-0.05, 0) is 67.6 Å². The average molecular weight is 476 g/mol. The fourth-order valence-electron chi connectivity index (χ4n) is 5.52. The molecule has 8 heteroatoms. The van der Waals surface area contributed by atoms with Gasteiger partial charge in [-0.15, -0.1) is 0 Å². The Bertz CT molecular complexity index is 1080. The lowest BCUT2D eigenvalue weighted by atomic mass is 9.95. The molecule has 34 heavy (non-hydrogen) atoms. The predicted octanol–water partition coefficient (Wildman–Crippen LogP) is 5.71. The summed E-state index contributed by atoms with van der Waals surface area (Å²) in [5.74, 6) is 0.125. The van der Waals surface area contributed by atoms with Crippen LogP contribution in [0.15, 0.2) is 30.3 Å². The Hall–Kier alpha value is -2.74. The van der Waals surface area contributed by atoms with Gasteiger partial charge >= 0.3 is 12.1 Å². The number of ether oxygens (including phenoxy) is 2. The zero-order valence-corrected chi connectivity index (χ0v) is 18.9. The highest BCUT2D eigenvalue weighted by Gasteiger charge is 2.38. The van der Waals surface area contributed by atoms with Crippen LogP contribution in [0.4, 0.5) is 13.2 Å². The zero-order valence-electron chi connectivity index (χ0n) is 18.9. The van der Waals surface area contributed by atoms with Crippen molar-refractivity contribution in [3.8, 4) is 11.5 Å². The van der Waals surface area contributed by atoms with Crippen LogP contribution >= 0.6 is 0 Å². The number of likely N-dealkylation sites (tertiary alicyclic amines) is 1. The first kappa shape index (κ1) is 23.0. The van der Waals surface area contributed by atoms with Gasteiger partial charge in [0.2, 0.25) is 0 Å². The van der Waals surface area contributed by atoms with Crippen molar-refractivity contribution in [3.05, 3.63) is 58.1 Å². The molecule has 5 nitrogen and oxygen atoms in total. The molecule has 2 aliphatic heterocycles. The van der Waals surface area contributed by atoms with Gasteiger partial charge in [-0.25, -0.2) is 0 Å². The summed E-state index contributed by atoms with van der Waals surface area (Å²) in [6, 6.07) is 8.16. The minimum Gasteiger partial charge on any atom is -0.492 e. The molecule has 1 saturated heterocycles. The van der Waals surface area contributed by atoms with Gasteiger partial charge in [0, 0.05) is 24.1 Å². The maximum absolute atomic E-state index is 13.9. The van der Waals surface area contributed by atoms with Gasteiger partial charge < -0.3 is 14.6 Å². The van der Waals surface area contributed by atoms with E-state index in [0.29, 0.717) is 43.1 Å². The largest absolute Gasteiger partial charge is 0.492 e. The molecule has 1 N–H and O–H groups in total. The Labute approximate surface area is 196 Å². The van der Waals surface area contributed by atoms with E-state index < -0.39 is 17.7 Å². The molecule has 0 spiro atoms. The van der Waals surface area contributed by atoms with E-state index in [1.54, 1.807) is 18.2 Å². The second kappa shape index (κ2) is 9.13. The monoisotopic (exact) mass is 475 g/mol. The van der Waals surface area contributed by atoms with E-state index in [0.717, 1.165) is 49.0 Å². The molecule has 0 saturated carbocycles. The normalized spacial score (nSPS) is 22.2. The van der Waals surface area contributed by atoms with Gasteiger partial charge in [-0.1, -0.05) is 18.6 Å². The molecule has 0 bridgehead atoms. The van der Waals surface area contributed by atoms with E-state index in [1.807, 2.05) is 6.07 Å². The summed E-state index contributed by atoms with van der Waals surface area (Å²) in [7, 11) is 0. The molecule has 1 aliphatic carbocycles. The Morgan fingerprint density at radius 3 is 2.62 bits per heavy atom. The minimum absolute atomic E-state index is 0.00450. The lowest BCUT2D eigenvalue weighted by Crippen LogP contribution is -2.30. The van der Waals surface area contributed by atoms with Crippen LogP contribution in [-0.4, -0.2) is 35.7 Å². The molecule has 0 amide bonds. The number of alkyl halides is 3. The average Bonchev–Trinajstić information content (AvgIpc) is 3.38. The molecular weight excluding hydrogens is 447 g/mol. The highest BCUT2D eigenvalue weighted by atomic mass is 19.4. The van der Waals surface area contributed by atoms with Gasteiger partial charge in [0.15, 0.2) is 0 Å². The second-order valence-corrected chi connectivity index (χ2v) is 9.44. The lowest BCUT2D eigenvalue weighted by molar-refractivity contribution is -0.139. The van der Waals surface area contributed by atoms with Gasteiger partial charge in [-0.2, -0.15) is 13.2 Å². The molecule has 2 atom stereocenters. The van der Waals surface area contributed by atoms with Crippen LogP contribution in [0.1, 0.15) is 71.9 Å². The van der Waals surface area contributed by atoms with Crippen molar-refractivity contribution in [2.24, 2.45) is 0 Å². The van der Waals surface area contributed by atoms with E-state index in [9.17, 15) is 18.0 Å². The fourth-order valence-corrected chi connectivity index (χ4v) is 5.52. The smallest absolute Gasteiger partial charge is 0.416 e. The molecule has 3 aliphatic rings. The number of hydrogen-bond donors (Lipinski definition) is 1. The highest BCUT2D eigenvalue weighted by molar-refractivity contribution is 5.68. The summed E-state index contributed by atoms with van der Waals surface area (Å²) in [5.41, 5.74) is 2.30. The number of carboxylic acids is 1. The van der Waals surface area contributed by atoms with E-state index in [4.69, 9.17) is 14.6 Å². The summed E-state index contributed by atoms with van der Waals surface area (Å²) < 4.78 is 53.4. The van der Waals surface area contributed by atoms with E-state index in [2.05, 4.69) is 4.90 Å². The van der Waals surface area contributed by atoms with Crippen molar-refractivity contribution in [2.75, 3.05) is 19.7 Å². The van der Waals surface area contributed by atoms with Gasteiger partial charge in [0.05, 0.1) is 18.6 Å². The molecular formula is C26H28F3NO4. The number of carboxylic acid groups (broad SMARTS) is 1. The van der Waals surface area contributed by atoms with E-state index in [-0.39, 0.29) is 18.4 Å². The molecule has 0 aromatic heterocycles. The van der Waals surface area contributed by atoms with Gasteiger partial charge in [0.1, 0.15) is 17.6 Å². The molecule has 2 heterocycles. The van der Waals surface area contributed by atoms with Crippen molar-refractivity contribution >= 4 is 5.97 Å². The first-order valence-corrected chi connectivity index (χ1v) is 11.9. The Morgan fingerprint density at radius 2 is 1.88 bits per heavy atom. The molecule has 2 aromatic carbocycles. The summed E-state index contributed by atoms with van der Waals surface area (Å²) in [4.78, 5) is 13.2. The minimum atomic E-state index is -4.39. The second-order valence-electron chi connectivity index (χ2n) is 9.44. The van der Waals surface area contributed by atoms with Crippen molar-refractivity contribution in [2.45, 2.75) is 63.3 Å². The number of carbonyl (C=O) groups is 1.